The van der Waals surface area contributed by atoms with Crippen LogP contribution < -0.4 is 0 Å². The Morgan fingerprint density at radius 1 is 0.857 bits per heavy atom. The van der Waals surface area contributed by atoms with Gasteiger partial charge in [-0.1, -0.05) is 6.07 Å². The van der Waals surface area contributed by atoms with Gasteiger partial charge in [-0.2, -0.15) is 0 Å². The number of hydrogen-bond acceptors (Lipinski definition) is 1. The Morgan fingerprint density at radius 3 is 1.57 bits per heavy atom. The maximum Gasteiger partial charge on any atom is 3.00 e. The fourth-order valence-corrected chi connectivity index (χ4v) is 0.313. The van der Waals surface area contributed by atoms with Gasteiger partial charge in [0.15, 0.2) is 0 Å². The van der Waals surface area contributed by atoms with Crippen LogP contribution in [0.1, 0.15) is 0 Å². The van der Waals surface area contributed by atoms with Crippen LogP contribution in [0.15, 0.2) is 30.6 Å². The maximum absolute atomic E-state index is 3.78. The molecular weight excluding hydrogens is 119 g/mol. The van der Waals surface area contributed by atoms with E-state index in [2.05, 4.69) is 4.98 Å². The Labute approximate surface area is 61.6 Å². The molecule has 0 aromatic carbocycles. The average Bonchev–Trinajstić information content (AvgIpc) is 1.72. The van der Waals surface area contributed by atoms with E-state index in [-0.39, 0.29) is 25.8 Å². The molecule has 0 N–H and O–H groups in total. The molecule has 0 aliphatic heterocycles. The zero-order valence-electron chi connectivity index (χ0n) is 3.91. The first-order valence-electron chi connectivity index (χ1n) is 1.85. The van der Waals surface area contributed by atoms with Crippen molar-refractivity contribution in [1.82, 2.24) is 4.98 Å². The fourth-order valence-electron chi connectivity index (χ4n) is 0.313. The standard InChI is InChI=1S/C5H5N.Sc/c1-2-4-6-5-3-1;/h1-5H;/q;+3. The summed E-state index contributed by atoms with van der Waals surface area (Å²) in [5.41, 5.74) is 0. The van der Waals surface area contributed by atoms with Crippen molar-refractivity contribution in [3.63, 3.8) is 0 Å². The molecule has 0 radical (unpaired) electrons. The monoisotopic (exact) mass is 124 g/mol. The van der Waals surface area contributed by atoms with E-state index in [4.69, 9.17) is 0 Å². The van der Waals surface area contributed by atoms with E-state index in [1.54, 1.807) is 12.4 Å². The number of nitrogens with zero attached hydrogens (tertiary/aromatic N) is 1. The van der Waals surface area contributed by atoms with Gasteiger partial charge in [-0.25, -0.2) is 0 Å². The minimum atomic E-state index is 0. The van der Waals surface area contributed by atoms with Gasteiger partial charge < -0.3 is 0 Å². The molecule has 7 heavy (non-hydrogen) atoms. The second-order valence-corrected chi connectivity index (χ2v) is 1.02. The van der Waals surface area contributed by atoms with Crippen LogP contribution in [0.5, 0.6) is 0 Å². The molecule has 1 rings (SSSR count). The number of aromatic nitrogens is 1. The molecule has 0 aliphatic carbocycles. The van der Waals surface area contributed by atoms with Gasteiger partial charge in [0.25, 0.3) is 0 Å². The van der Waals surface area contributed by atoms with Crippen LogP contribution in [0, 0.1) is 0 Å². The summed E-state index contributed by atoms with van der Waals surface area (Å²) in [4.78, 5) is 3.78. The molecule has 0 saturated carbocycles. The third kappa shape index (κ3) is 2.68. The Morgan fingerprint density at radius 2 is 1.43 bits per heavy atom. The molecule has 2 heteroatoms. The van der Waals surface area contributed by atoms with Crippen LogP contribution in [0.4, 0.5) is 0 Å². The summed E-state index contributed by atoms with van der Waals surface area (Å²) < 4.78 is 0. The first kappa shape index (κ1) is 7.02. The molecule has 0 amide bonds. The van der Waals surface area contributed by atoms with Gasteiger partial charge in [-0.3, -0.25) is 4.98 Å². The number of pyridine rings is 1. The summed E-state index contributed by atoms with van der Waals surface area (Å²) in [7, 11) is 0. The van der Waals surface area contributed by atoms with Gasteiger partial charge in [0.05, 0.1) is 0 Å². The van der Waals surface area contributed by atoms with Crippen LogP contribution in [0.25, 0.3) is 0 Å². The summed E-state index contributed by atoms with van der Waals surface area (Å²) in [5.74, 6) is 0. The quantitative estimate of drug-likeness (QED) is 0.504. The van der Waals surface area contributed by atoms with Crippen molar-refractivity contribution >= 4 is 0 Å². The molecule has 0 saturated heterocycles. The topological polar surface area (TPSA) is 12.9 Å². The van der Waals surface area contributed by atoms with Crippen molar-refractivity contribution < 1.29 is 25.8 Å². The Balaban J connectivity index is 0.000000360. The van der Waals surface area contributed by atoms with E-state index < -0.39 is 0 Å². The van der Waals surface area contributed by atoms with Crippen LogP contribution in [0.2, 0.25) is 0 Å². The third-order valence-corrected chi connectivity index (χ3v) is 0.566. The second-order valence-electron chi connectivity index (χ2n) is 1.02. The average molecular weight is 124 g/mol. The Bertz CT molecular complexity index is 80.0. The van der Waals surface area contributed by atoms with E-state index >= 15 is 0 Å². The zero-order chi connectivity index (χ0) is 4.24. The molecule has 1 nitrogen and oxygen atoms in total. The predicted octanol–water partition coefficient (Wildman–Crippen LogP) is 1.08. The van der Waals surface area contributed by atoms with E-state index in [0.717, 1.165) is 0 Å². The maximum atomic E-state index is 3.78. The fraction of sp³-hybridized carbons (Fsp3) is 0. The normalized spacial score (nSPS) is 6.86. The molecule has 1 heterocycles. The minimum absolute atomic E-state index is 0. The van der Waals surface area contributed by atoms with Crippen LogP contribution >= 0.6 is 0 Å². The van der Waals surface area contributed by atoms with Gasteiger partial charge in [-0.15, -0.1) is 0 Å². The molecule has 0 fully saturated rings. The van der Waals surface area contributed by atoms with Gasteiger partial charge in [0, 0.05) is 12.4 Å². The van der Waals surface area contributed by atoms with Gasteiger partial charge in [0.2, 0.25) is 0 Å². The van der Waals surface area contributed by atoms with Gasteiger partial charge in [-0.05, 0) is 12.1 Å². The largest absolute Gasteiger partial charge is 3.00 e. The number of rotatable bonds is 0. The first-order chi connectivity index (χ1) is 3.00. The third-order valence-electron chi connectivity index (χ3n) is 0.566. The van der Waals surface area contributed by atoms with Crippen molar-refractivity contribution in [2.24, 2.45) is 0 Å². The van der Waals surface area contributed by atoms with Gasteiger partial charge in [0.1, 0.15) is 0 Å². The SMILES string of the molecule is [Sc+3].c1ccncc1. The van der Waals surface area contributed by atoms with Crippen molar-refractivity contribution in [2.45, 2.75) is 0 Å². The second kappa shape index (κ2) is 4.19. The molecule has 30 valence electrons. The molecule has 0 bridgehead atoms. The molecule has 0 unspecified atom stereocenters. The summed E-state index contributed by atoms with van der Waals surface area (Å²) in [6.07, 6.45) is 3.50. The smallest absolute Gasteiger partial charge is 0.265 e. The van der Waals surface area contributed by atoms with Crippen molar-refractivity contribution in [3.8, 4) is 0 Å². The van der Waals surface area contributed by atoms with Crippen LogP contribution in [-0.4, -0.2) is 4.98 Å². The number of hydrogen-bond donors (Lipinski definition) is 0. The predicted molar refractivity (Wildman–Crippen MR) is 24.2 cm³/mol. The summed E-state index contributed by atoms with van der Waals surface area (Å²) in [6, 6.07) is 5.72. The zero-order valence-corrected chi connectivity index (χ0v) is 5.71. The molecule has 1 aromatic heterocycles. The van der Waals surface area contributed by atoms with E-state index in [0.29, 0.717) is 0 Å². The Kier molecular flexibility index (Phi) is 4.20. The molecule has 0 spiro atoms. The molecule has 0 aliphatic rings. The van der Waals surface area contributed by atoms with E-state index in [1.165, 1.54) is 0 Å². The van der Waals surface area contributed by atoms with Crippen LogP contribution in [0.3, 0.4) is 0 Å². The molecular formula is C5H5NSc+3. The minimum Gasteiger partial charge on any atom is -0.265 e. The summed E-state index contributed by atoms with van der Waals surface area (Å²) >= 11 is 0. The Hall–Kier alpha value is 0.0201. The van der Waals surface area contributed by atoms with Crippen LogP contribution in [-0.2, 0) is 25.8 Å². The summed E-state index contributed by atoms with van der Waals surface area (Å²) in [6.45, 7) is 0. The van der Waals surface area contributed by atoms with E-state index in [1.807, 2.05) is 18.2 Å². The molecule has 0 atom stereocenters. The first-order valence-corrected chi connectivity index (χ1v) is 1.85. The van der Waals surface area contributed by atoms with Crippen molar-refractivity contribution in [3.05, 3.63) is 30.6 Å². The summed E-state index contributed by atoms with van der Waals surface area (Å²) in [5, 5.41) is 0. The van der Waals surface area contributed by atoms with Crippen molar-refractivity contribution in [2.75, 3.05) is 0 Å². The van der Waals surface area contributed by atoms with E-state index in [9.17, 15) is 0 Å². The van der Waals surface area contributed by atoms with Crippen molar-refractivity contribution in [1.29, 1.82) is 0 Å². The molecule has 1 aromatic rings. The van der Waals surface area contributed by atoms with Gasteiger partial charge >= 0.3 is 25.8 Å².